The van der Waals surface area contributed by atoms with Gasteiger partial charge in [0, 0.05) is 20.2 Å². The fourth-order valence-corrected chi connectivity index (χ4v) is 3.25. The Labute approximate surface area is 176 Å². The molecule has 0 spiro atoms. The maximum Gasteiger partial charge on any atom is 0.322 e. The zero-order chi connectivity index (χ0) is 21.7. The molecular weight excluding hydrogens is 381 g/mol. The van der Waals surface area contributed by atoms with E-state index in [0.29, 0.717) is 31.1 Å². The van der Waals surface area contributed by atoms with Gasteiger partial charge in [0.1, 0.15) is 5.82 Å². The number of carbonyl (C=O) groups is 1. The van der Waals surface area contributed by atoms with Crippen LogP contribution in [0, 0.1) is 5.82 Å². The van der Waals surface area contributed by atoms with Gasteiger partial charge in [-0.1, -0.05) is 43.0 Å². The number of fused-ring (bicyclic) bond motifs is 1. The lowest BCUT2D eigenvalue weighted by Crippen LogP contribution is -2.36. The van der Waals surface area contributed by atoms with Gasteiger partial charge in [-0.3, -0.25) is 0 Å². The zero-order valence-corrected chi connectivity index (χ0v) is 17.2. The number of allylic oxidation sites excluding steroid dienone is 3. The van der Waals surface area contributed by atoms with Crippen LogP contribution in [0.2, 0.25) is 0 Å². The molecule has 1 aliphatic heterocycles. The lowest BCUT2D eigenvalue weighted by atomic mass is 10.1. The van der Waals surface area contributed by atoms with E-state index in [4.69, 9.17) is 10.5 Å². The second-order valence-corrected chi connectivity index (χ2v) is 7.28. The van der Waals surface area contributed by atoms with E-state index in [-0.39, 0.29) is 11.8 Å². The molecule has 30 heavy (non-hydrogen) atoms. The minimum absolute atomic E-state index is 0.250. The molecule has 2 aromatic carbocycles. The first-order valence-electron chi connectivity index (χ1n) is 9.62. The predicted molar refractivity (Wildman–Crippen MR) is 116 cm³/mol. The Balaban J connectivity index is 1.59. The van der Waals surface area contributed by atoms with Crippen molar-refractivity contribution >= 4 is 11.6 Å². The van der Waals surface area contributed by atoms with E-state index in [1.165, 1.54) is 12.1 Å². The summed E-state index contributed by atoms with van der Waals surface area (Å²) in [5, 5.41) is 2.76. The third kappa shape index (κ3) is 5.15. The first-order chi connectivity index (χ1) is 14.4. The molecular formula is C24H26FN3O2. The Morgan fingerprint density at radius 3 is 2.60 bits per heavy atom. The Hall–Kier alpha value is -3.38. The van der Waals surface area contributed by atoms with Gasteiger partial charge in [0.25, 0.3) is 0 Å². The summed E-state index contributed by atoms with van der Waals surface area (Å²) in [6, 6.07) is 12.1. The van der Waals surface area contributed by atoms with Gasteiger partial charge < -0.3 is 20.7 Å². The number of benzene rings is 2. The van der Waals surface area contributed by atoms with E-state index in [9.17, 15) is 9.18 Å². The van der Waals surface area contributed by atoms with E-state index in [1.54, 1.807) is 30.2 Å². The molecule has 3 N–H and O–H groups in total. The number of carbonyl (C=O) groups excluding carboxylic acids is 1. The first-order valence-corrected chi connectivity index (χ1v) is 9.62. The molecule has 0 bridgehead atoms. The maximum atomic E-state index is 13.0. The van der Waals surface area contributed by atoms with Gasteiger partial charge in [0.15, 0.2) is 0 Å². The molecule has 1 heterocycles. The van der Waals surface area contributed by atoms with Crippen LogP contribution in [0.3, 0.4) is 0 Å². The van der Waals surface area contributed by atoms with E-state index < -0.39 is 0 Å². The molecule has 0 unspecified atom stereocenters. The van der Waals surface area contributed by atoms with Crippen molar-refractivity contribution < 1.29 is 13.9 Å². The Morgan fingerprint density at radius 2 is 1.90 bits per heavy atom. The highest BCUT2D eigenvalue weighted by molar-refractivity contribution is 5.78. The minimum atomic E-state index is -0.281. The van der Waals surface area contributed by atoms with E-state index in [0.717, 1.165) is 27.8 Å². The molecule has 0 atom stereocenters. The molecule has 0 saturated heterocycles. The molecule has 0 aliphatic carbocycles. The van der Waals surface area contributed by atoms with Crippen molar-refractivity contribution in [2.45, 2.75) is 26.6 Å². The summed E-state index contributed by atoms with van der Waals surface area (Å²) in [6.07, 6.45) is 3.49. The molecule has 1 aliphatic rings. The molecule has 0 aromatic heterocycles. The van der Waals surface area contributed by atoms with Crippen molar-refractivity contribution in [1.82, 2.24) is 10.2 Å². The van der Waals surface area contributed by atoms with Crippen LogP contribution in [0.25, 0.3) is 5.57 Å². The topological polar surface area (TPSA) is 67.6 Å². The highest BCUT2D eigenvalue weighted by Crippen LogP contribution is 2.24. The fraction of sp³-hybridized carbons (Fsp3) is 0.208. The molecule has 0 fully saturated rings. The van der Waals surface area contributed by atoms with Crippen molar-refractivity contribution in [3.63, 3.8) is 0 Å². The van der Waals surface area contributed by atoms with Crippen LogP contribution in [0.5, 0.6) is 0 Å². The molecule has 0 radical (unpaired) electrons. The number of urea groups is 1. The number of nitrogens with one attached hydrogen (secondary N) is 1. The monoisotopic (exact) mass is 407 g/mol. The summed E-state index contributed by atoms with van der Waals surface area (Å²) in [6.45, 7) is 7.38. The van der Waals surface area contributed by atoms with Crippen molar-refractivity contribution in [2.75, 3.05) is 7.11 Å². The Bertz CT molecular complexity index is 1010. The largest absolute Gasteiger partial charge is 0.397 e. The number of amides is 2. The zero-order valence-electron chi connectivity index (χ0n) is 17.2. The highest BCUT2D eigenvalue weighted by atomic mass is 19.1. The van der Waals surface area contributed by atoms with Crippen LogP contribution in [-0.2, 0) is 24.4 Å². The highest BCUT2D eigenvalue weighted by Gasteiger charge is 2.24. The summed E-state index contributed by atoms with van der Waals surface area (Å²) in [5.74, 6) is -0.281. The number of hydrogen-bond donors (Lipinski definition) is 2. The van der Waals surface area contributed by atoms with Gasteiger partial charge in [0.05, 0.1) is 18.0 Å². The van der Waals surface area contributed by atoms with Gasteiger partial charge in [-0.05, 0) is 53.0 Å². The van der Waals surface area contributed by atoms with Crippen LogP contribution >= 0.6 is 0 Å². The lowest BCUT2D eigenvalue weighted by Gasteiger charge is -2.17. The number of nitrogens with two attached hydrogens (primary N) is 1. The van der Waals surface area contributed by atoms with Gasteiger partial charge in [-0.25, -0.2) is 9.18 Å². The lowest BCUT2D eigenvalue weighted by molar-refractivity contribution is 0.185. The smallest absolute Gasteiger partial charge is 0.322 e. The van der Waals surface area contributed by atoms with Crippen LogP contribution in [0.15, 0.2) is 72.6 Å². The van der Waals surface area contributed by atoms with Gasteiger partial charge in [0.2, 0.25) is 0 Å². The molecule has 2 aromatic rings. The van der Waals surface area contributed by atoms with Gasteiger partial charge in [-0.15, -0.1) is 0 Å². The van der Waals surface area contributed by atoms with Crippen LogP contribution in [0.4, 0.5) is 9.18 Å². The molecule has 6 heteroatoms. The third-order valence-electron chi connectivity index (χ3n) is 5.01. The van der Waals surface area contributed by atoms with Crippen LogP contribution in [-0.4, -0.2) is 18.0 Å². The summed E-state index contributed by atoms with van der Waals surface area (Å²) in [4.78, 5) is 14.3. The number of halogens is 1. The number of ether oxygens (including phenoxy) is 1. The Morgan fingerprint density at radius 1 is 1.20 bits per heavy atom. The summed E-state index contributed by atoms with van der Waals surface area (Å²) in [7, 11) is 1.66. The predicted octanol–water partition coefficient (Wildman–Crippen LogP) is 4.46. The molecule has 5 nitrogen and oxygen atoms in total. The Kier molecular flexibility index (Phi) is 6.69. The SMILES string of the molecule is C=C(NC(=O)N1Cc2ccc(COC)cc2C1)/C(N)=C\C=C(/C)c1ccc(F)cc1. The normalized spacial score (nSPS) is 13.9. The average Bonchev–Trinajstić information content (AvgIpc) is 3.16. The van der Waals surface area contributed by atoms with Crippen LogP contribution in [0.1, 0.15) is 29.2 Å². The molecule has 2 amide bonds. The third-order valence-corrected chi connectivity index (χ3v) is 5.01. The van der Waals surface area contributed by atoms with Crippen molar-refractivity contribution in [2.24, 2.45) is 5.73 Å². The number of hydrogen-bond acceptors (Lipinski definition) is 3. The second-order valence-electron chi connectivity index (χ2n) is 7.28. The maximum absolute atomic E-state index is 13.0. The summed E-state index contributed by atoms with van der Waals surface area (Å²) < 4.78 is 18.2. The average molecular weight is 407 g/mol. The standard InChI is InChI=1S/C24H26FN3O2/c1-16(19-7-9-22(25)10-8-19)4-11-23(26)17(2)27-24(29)28-13-20-6-5-18(15-30-3)12-21(20)14-28/h4-12H,2,13-15,26H2,1,3H3,(H,27,29)/b16-4+,23-11+. The molecule has 3 rings (SSSR count). The molecule has 156 valence electrons. The van der Waals surface area contributed by atoms with E-state index in [2.05, 4.69) is 18.0 Å². The molecule has 0 saturated carbocycles. The van der Waals surface area contributed by atoms with Crippen molar-refractivity contribution in [3.8, 4) is 0 Å². The van der Waals surface area contributed by atoms with Gasteiger partial charge in [-0.2, -0.15) is 0 Å². The van der Waals surface area contributed by atoms with E-state index in [1.807, 2.05) is 25.1 Å². The second kappa shape index (κ2) is 9.41. The fourth-order valence-electron chi connectivity index (χ4n) is 3.25. The number of rotatable bonds is 6. The first kappa shape index (κ1) is 21.3. The van der Waals surface area contributed by atoms with E-state index >= 15 is 0 Å². The van der Waals surface area contributed by atoms with Crippen LogP contribution < -0.4 is 11.1 Å². The quantitative estimate of drug-likeness (QED) is 0.695. The number of methoxy groups -OCH3 is 1. The number of nitrogens with zero attached hydrogens (tertiary/aromatic N) is 1. The van der Waals surface area contributed by atoms with Crippen molar-refractivity contribution in [1.29, 1.82) is 0 Å². The van der Waals surface area contributed by atoms with Gasteiger partial charge >= 0.3 is 6.03 Å². The summed E-state index contributed by atoms with van der Waals surface area (Å²) in [5.41, 5.74) is 11.9. The minimum Gasteiger partial charge on any atom is -0.397 e. The summed E-state index contributed by atoms with van der Waals surface area (Å²) >= 11 is 0. The van der Waals surface area contributed by atoms with Crippen molar-refractivity contribution in [3.05, 3.63) is 101 Å².